The largest absolute Gasteiger partial charge is 0.492 e. The summed E-state index contributed by atoms with van der Waals surface area (Å²) in [5, 5.41) is 9.24. The van der Waals surface area contributed by atoms with Gasteiger partial charge in [-0.2, -0.15) is 0 Å². The number of hydrogen-bond donors (Lipinski definition) is 3. The first kappa shape index (κ1) is 23.3. The van der Waals surface area contributed by atoms with Gasteiger partial charge >= 0.3 is 0 Å². The van der Waals surface area contributed by atoms with Crippen molar-refractivity contribution in [1.82, 2.24) is 10.6 Å². The van der Waals surface area contributed by atoms with Crippen LogP contribution in [0.4, 0.5) is 20.2 Å². The molecule has 0 saturated carbocycles. The van der Waals surface area contributed by atoms with Gasteiger partial charge in [0.2, 0.25) is 5.91 Å². The molecule has 2 aromatic carbocycles. The van der Waals surface area contributed by atoms with E-state index in [-0.39, 0.29) is 17.6 Å². The molecule has 172 valence electrons. The maximum atomic E-state index is 14.1. The summed E-state index contributed by atoms with van der Waals surface area (Å²) in [7, 11) is 0. The second kappa shape index (κ2) is 11.3. The second-order valence-electron chi connectivity index (χ2n) is 7.46. The zero-order valence-electron chi connectivity index (χ0n) is 18.3. The van der Waals surface area contributed by atoms with Crippen LogP contribution in [0.2, 0.25) is 0 Å². The molecule has 1 fully saturated rings. The molecule has 7 nitrogen and oxygen atoms in total. The van der Waals surface area contributed by atoms with Crippen LogP contribution in [0, 0.1) is 11.6 Å². The van der Waals surface area contributed by atoms with Crippen molar-refractivity contribution in [2.45, 2.75) is 26.3 Å². The number of ether oxygens (including phenoxy) is 1. The Morgan fingerprint density at radius 3 is 2.69 bits per heavy atom. The lowest BCUT2D eigenvalue weighted by atomic mass is 10.2. The lowest BCUT2D eigenvalue weighted by molar-refractivity contribution is -0.114. The van der Waals surface area contributed by atoms with Crippen molar-refractivity contribution in [3.05, 3.63) is 54.1 Å². The Labute approximate surface area is 186 Å². The van der Waals surface area contributed by atoms with Crippen molar-refractivity contribution in [3.63, 3.8) is 0 Å². The molecular formula is C23H29F2N5O2. The predicted molar refractivity (Wildman–Crippen MR) is 122 cm³/mol. The van der Waals surface area contributed by atoms with Crippen molar-refractivity contribution >= 4 is 23.2 Å². The van der Waals surface area contributed by atoms with Crippen LogP contribution in [0.5, 0.6) is 5.75 Å². The average molecular weight is 446 g/mol. The minimum atomic E-state index is -0.550. The number of rotatable bonds is 8. The monoisotopic (exact) mass is 445 g/mol. The fraction of sp³-hybridized carbons (Fsp3) is 0.391. The number of nitrogens with zero attached hydrogens (tertiary/aromatic N) is 2. The van der Waals surface area contributed by atoms with Gasteiger partial charge in [0.25, 0.3) is 0 Å². The minimum Gasteiger partial charge on any atom is -0.492 e. The first-order valence-corrected chi connectivity index (χ1v) is 10.7. The highest BCUT2D eigenvalue weighted by molar-refractivity contribution is 5.88. The van der Waals surface area contributed by atoms with Crippen LogP contribution in [-0.4, -0.2) is 50.7 Å². The van der Waals surface area contributed by atoms with Gasteiger partial charge in [-0.15, -0.1) is 0 Å². The van der Waals surface area contributed by atoms with Crippen molar-refractivity contribution in [2.75, 3.05) is 43.0 Å². The number of halogens is 2. The predicted octanol–water partition coefficient (Wildman–Crippen LogP) is 3.14. The molecule has 1 heterocycles. The number of benzene rings is 2. The molecule has 9 heteroatoms. The molecule has 0 aromatic heterocycles. The van der Waals surface area contributed by atoms with Crippen molar-refractivity contribution in [3.8, 4) is 5.75 Å². The summed E-state index contributed by atoms with van der Waals surface area (Å²) in [6, 6.07) is 11.1. The Hall–Kier alpha value is -3.36. The molecule has 32 heavy (non-hydrogen) atoms. The molecule has 1 aliphatic heterocycles. The lowest BCUT2D eigenvalue weighted by Crippen LogP contribution is -2.45. The molecule has 1 aliphatic rings. The van der Waals surface area contributed by atoms with Gasteiger partial charge in [-0.1, -0.05) is 12.1 Å². The number of carbonyl (C=O) groups is 1. The summed E-state index contributed by atoms with van der Waals surface area (Å²) in [4.78, 5) is 17.4. The van der Waals surface area contributed by atoms with Gasteiger partial charge in [0.1, 0.15) is 29.7 Å². The Balaban J connectivity index is 1.52. The van der Waals surface area contributed by atoms with E-state index < -0.39 is 11.6 Å². The maximum absolute atomic E-state index is 14.1. The third kappa shape index (κ3) is 6.57. The Kier molecular flexibility index (Phi) is 8.24. The fourth-order valence-electron chi connectivity index (χ4n) is 3.57. The zero-order valence-corrected chi connectivity index (χ0v) is 18.3. The smallest absolute Gasteiger partial charge is 0.221 e. The third-order valence-corrected chi connectivity index (χ3v) is 4.91. The summed E-state index contributed by atoms with van der Waals surface area (Å²) in [5.74, 6) is 0.0277. The number of hydrogen-bond acceptors (Lipinski definition) is 4. The van der Waals surface area contributed by atoms with Gasteiger partial charge in [0.05, 0.1) is 6.54 Å². The first-order valence-electron chi connectivity index (χ1n) is 10.7. The van der Waals surface area contributed by atoms with Crippen molar-refractivity contribution in [1.29, 1.82) is 0 Å². The first-order chi connectivity index (χ1) is 15.5. The maximum Gasteiger partial charge on any atom is 0.221 e. The lowest BCUT2D eigenvalue weighted by Gasteiger charge is -2.21. The van der Waals surface area contributed by atoms with Crippen molar-refractivity contribution in [2.24, 2.45) is 4.99 Å². The van der Waals surface area contributed by atoms with E-state index in [4.69, 9.17) is 4.74 Å². The second-order valence-corrected chi connectivity index (χ2v) is 7.46. The van der Waals surface area contributed by atoms with Gasteiger partial charge < -0.3 is 25.6 Å². The molecule has 3 N–H and O–H groups in total. The fourth-order valence-corrected chi connectivity index (χ4v) is 3.57. The molecule has 0 aliphatic carbocycles. The summed E-state index contributed by atoms with van der Waals surface area (Å²) in [6.07, 6.45) is 0.741. The van der Waals surface area contributed by atoms with E-state index in [0.29, 0.717) is 50.2 Å². The van der Waals surface area contributed by atoms with E-state index in [0.717, 1.165) is 6.42 Å². The molecule has 0 radical (unpaired) electrons. The summed E-state index contributed by atoms with van der Waals surface area (Å²) in [5.41, 5.74) is 0.694. The molecule has 3 rings (SSSR count). The summed E-state index contributed by atoms with van der Waals surface area (Å²) < 4.78 is 33.9. The number of nitrogens with one attached hydrogen (secondary N) is 3. The van der Waals surface area contributed by atoms with Crippen LogP contribution >= 0.6 is 0 Å². The molecule has 1 unspecified atom stereocenters. The number of carbonyl (C=O) groups excluding carboxylic acids is 1. The van der Waals surface area contributed by atoms with Crippen LogP contribution in [0.1, 0.15) is 20.3 Å². The number of anilines is 2. The molecule has 2 aromatic rings. The number of guanidine groups is 1. The molecule has 1 saturated heterocycles. The van der Waals surface area contributed by atoms with Crippen molar-refractivity contribution < 1.29 is 18.3 Å². The van der Waals surface area contributed by atoms with E-state index >= 15 is 0 Å². The highest BCUT2D eigenvalue weighted by Gasteiger charge is 2.27. The quantitative estimate of drug-likeness (QED) is 0.331. The van der Waals surface area contributed by atoms with E-state index in [1.54, 1.807) is 23.1 Å². The van der Waals surface area contributed by atoms with E-state index in [9.17, 15) is 13.6 Å². The molecule has 1 amide bonds. The highest BCUT2D eigenvalue weighted by atomic mass is 19.1. The number of para-hydroxylation sites is 1. The van der Waals surface area contributed by atoms with Crippen LogP contribution in [0.15, 0.2) is 47.5 Å². The van der Waals surface area contributed by atoms with Crippen LogP contribution < -0.4 is 25.6 Å². The number of aliphatic imine (C=N–C) groups is 1. The average Bonchev–Trinajstić information content (AvgIpc) is 3.19. The summed E-state index contributed by atoms with van der Waals surface area (Å²) >= 11 is 0. The molecule has 0 spiro atoms. The normalized spacial score (nSPS) is 16.1. The van der Waals surface area contributed by atoms with Crippen LogP contribution in [-0.2, 0) is 4.79 Å². The molecule has 0 bridgehead atoms. The molecule has 1 atom stereocenters. The van der Waals surface area contributed by atoms with Gasteiger partial charge in [0.15, 0.2) is 5.96 Å². The highest BCUT2D eigenvalue weighted by Crippen LogP contribution is 2.26. The van der Waals surface area contributed by atoms with Gasteiger partial charge in [-0.3, -0.25) is 4.79 Å². The topological polar surface area (TPSA) is 78.0 Å². The Bertz CT molecular complexity index is 933. The SMILES string of the molecule is CCNC(=NCCOc1cccc(NC(C)=O)c1)NC1CCN(c2c(F)cccc2F)C1. The number of amides is 1. The molecular weight excluding hydrogens is 416 g/mol. The summed E-state index contributed by atoms with van der Waals surface area (Å²) in [6.45, 7) is 5.92. The van der Waals surface area contributed by atoms with E-state index in [2.05, 4.69) is 20.9 Å². The Morgan fingerprint density at radius 2 is 1.97 bits per heavy atom. The third-order valence-electron chi connectivity index (χ3n) is 4.91. The standard InChI is InChI=1S/C23H29F2N5O2/c1-3-26-23(27-11-13-32-19-7-4-6-17(14-19)28-16(2)31)29-18-10-12-30(15-18)22-20(24)8-5-9-21(22)25/h4-9,14,18H,3,10-13,15H2,1-2H3,(H,28,31)(H2,26,27,29). The van der Waals surface area contributed by atoms with Crippen LogP contribution in [0.25, 0.3) is 0 Å². The minimum absolute atomic E-state index is 0.0158. The van der Waals surface area contributed by atoms with Crippen LogP contribution in [0.3, 0.4) is 0 Å². The Morgan fingerprint density at radius 1 is 1.22 bits per heavy atom. The van der Waals surface area contributed by atoms with Gasteiger partial charge in [-0.05, 0) is 37.6 Å². The zero-order chi connectivity index (χ0) is 22.9. The van der Waals surface area contributed by atoms with Gasteiger partial charge in [-0.25, -0.2) is 13.8 Å². The van der Waals surface area contributed by atoms with Gasteiger partial charge in [0, 0.05) is 44.4 Å². The van der Waals surface area contributed by atoms with E-state index in [1.165, 1.54) is 25.1 Å². The van der Waals surface area contributed by atoms with E-state index in [1.807, 2.05) is 13.0 Å².